The summed E-state index contributed by atoms with van der Waals surface area (Å²) in [6.07, 6.45) is 5.25. The molecule has 0 bridgehead atoms. The van der Waals surface area contributed by atoms with Gasteiger partial charge in [-0.15, -0.1) is 0 Å². The van der Waals surface area contributed by atoms with Gasteiger partial charge in [0.1, 0.15) is 0 Å². The van der Waals surface area contributed by atoms with E-state index in [1.807, 2.05) is 35.0 Å². The fourth-order valence-corrected chi connectivity index (χ4v) is 2.84. The Labute approximate surface area is 153 Å². The number of hydrogen-bond acceptors (Lipinski definition) is 4. The van der Waals surface area contributed by atoms with Crippen molar-refractivity contribution in [1.82, 2.24) is 25.1 Å². The number of carboxylic acids is 1. The molecule has 0 unspecified atom stereocenters. The molecule has 2 aromatic heterocycles. The Balaban J connectivity index is 1.51. The van der Waals surface area contributed by atoms with E-state index in [0.29, 0.717) is 23.0 Å². The largest absolute Gasteiger partial charge is 0.476 e. The predicted molar refractivity (Wildman–Crippen MR) is 97.8 cm³/mol. The first-order valence-electron chi connectivity index (χ1n) is 8.19. The fraction of sp³-hybridized carbons (Fsp3) is 0.0526. The molecule has 27 heavy (non-hydrogen) atoms. The first kappa shape index (κ1) is 16.5. The van der Waals surface area contributed by atoms with Crippen molar-refractivity contribution in [2.75, 3.05) is 0 Å². The highest BCUT2D eigenvalue weighted by atomic mass is 16.4. The molecular weight excluding hydrogens is 346 g/mol. The van der Waals surface area contributed by atoms with E-state index < -0.39 is 5.97 Å². The maximum Gasteiger partial charge on any atom is 0.357 e. The molecule has 0 radical (unpaired) electrons. The number of imidazole rings is 1. The lowest BCUT2D eigenvalue weighted by Gasteiger charge is -2.08. The summed E-state index contributed by atoms with van der Waals surface area (Å²) in [6, 6.07) is 12.5. The molecule has 0 aliphatic heterocycles. The standard InChI is InChI=1S/C19H15N5O3/c25-18(13-4-5-16-15(9-13)17(19(26)27)23-22-16)21-10-12-2-1-3-14(8-12)24-7-6-20-11-24/h1-9,11H,10H2,(H,21,25)(H,22,23)(H,26,27). The van der Waals surface area contributed by atoms with Gasteiger partial charge >= 0.3 is 5.97 Å². The van der Waals surface area contributed by atoms with Gasteiger partial charge in [0, 0.05) is 35.6 Å². The second kappa shape index (κ2) is 6.75. The zero-order valence-corrected chi connectivity index (χ0v) is 14.1. The van der Waals surface area contributed by atoms with Crippen molar-refractivity contribution in [3.63, 3.8) is 0 Å². The second-order valence-corrected chi connectivity index (χ2v) is 5.96. The lowest BCUT2D eigenvalue weighted by molar-refractivity contribution is 0.0692. The number of nitrogens with one attached hydrogen (secondary N) is 2. The number of aromatic nitrogens is 4. The number of aromatic amines is 1. The molecule has 134 valence electrons. The van der Waals surface area contributed by atoms with Gasteiger partial charge in [-0.05, 0) is 35.9 Å². The summed E-state index contributed by atoms with van der Waals surface area (Å²) in [4.78, 5) is 27.7. The van der Waals surface area contributed by atoms with Gasteiger partial charge in [0.2, 0.25) is 0 Å². The number of nitrogens with zero attached hydrogens (tertiary/aromatic N) is 3. The minimum atomic E-state index is -1.14. The molecule has 0 atom stereocenters. The van der Waals surface area contributed by atoms with Gasteiger partial charge in [-0.2, -0.15) is 5.10 Å². The second-order valence-electron chi connectivity index (χ2n) is 5.96. The van der Waals surface area contributed by atoms with Crippen molar-refractivity contribution >= 4 is 22.8 Å². The number of carbonyl (C=O) groups excluding carboxylic acids is 1. The Hall–Kier alpha value is -3.94. The molecule has 8 nitrogen and oxygen atoms in total. The molecule has 8 heteroatoms. The third-order valence-corrected chi connectivity index (χ3v) is 4.19. The van der Waals surface area contributed by atoms with Gasteiger partial charge < -0.3 is 15.0 Å². The number of H-pyrrole nitrogens is 1. The Morgan fingerprint density at radius 2 is 2.07 bits per heavy atom. The van der Waals surface area contributed by atoms with Gasteiger partial charge in [-0.1, -0.05) is 12.1 Å². The molecule has 3 N–H and O–H groups in total. The van der Waals surface area contributed by atoms with Crippen molar-refractivity contribution < 1.29 is 14.7 Å². The van der Waals surface area contributed by atoms with Crippen LogP contribution in [0.5, 0.6) is 0 Å². The van der Waals surface area contributed by atoms with E-state index >= 15 is 0 Å². The van der Waals surface area contributed by atoms with E-state index in [4.69, 9.17) is 5.11 Å². The quantitative estimate of drug-likeness (QED) is 0.505. The van der Waals surface area contributed by atoms with Crippen molar-refractivity contribution in [3.8, 4) is 5.69 Å². The number of carbonyl (C=O) groups is 2. The average Bonchev–Trinajstić information content (AvgIpc) is 3.35. The number of amides is 1. The Bertz CT molecular complexity index is 1130. The van der Waals surface area contributed by atoms with Gasteiger partial charge in [0.15, 0.2) is 5.69 Å². The van der Waals surface area contributed by atoms with Crippen LogP contribution in [-0.2, 0) is 6.54 Å². The summed E-state index contributed by atoms with van der Waals surface area (Å²) in [7, 11) is 0. The topological polar surface area (TPSA) is 113 Å². The van der Waals surface area contributed by atoms with Crippen LogP contribution in [0.3, 0.4) is 0 Å². The van der Waals surface area contributed by atoms with Crippen molar-refractivity contribution in [2.24, 2.45) is 0 Å². The maximum atomic E-state index is 12.5. The molecule has 1 amide bonds. The molecule has 0 fully saturated rings. The SMILES string of the molecule is O=C(NCc1cccc(-n2ccnc2)c1)c1ccc2[nH]nc(C(=O)O)c2c1. The van der Waals surface area contributed by atoms with Gasteiger partial charge in [0.05, 0.1) is 11.8 Å². The number of carboxylic acid groups (broad SMARTS) is 1. The molecule has 2 aromatic carbocycles. The minimum Gasteiger partial charge on any atom is -0.476 e. The molecule has 0 spiro atoms. The molecule has 2 heterocycles. The van der Waals surface area contributed by atoms with Crippen LogP contribution in [0.2, 0.25) is 0 Å². The number of aromatic carboxylic acids is 1. The van der Waals surface area contributed by atoms with Crippen LogP contribution < -0.4 is 5.32 Å². The number of hydrogen-bond donors (Lipinski definition) is 3. The zero-order valence-electron chi connectivity index (χ0n) is 14.1. The van der Waals surface area contributed by atoms with E-state index in [0.717, 1.165) is 11.3 Å². The molecular formula is C19H15N5O3. The van der Waals surface area contributed by atoms with Crippen LogP contribution in [0, 0.1) is 0 Å². The van der Waals surface area contributed by atoms with Crippen LogP contribution in [0.4, 0.5) is 0 Å². The third-order valence-electron chi connectivity index (χ3n) is 4.19. The van der Waals surface area contributed by atoms with Gasteiger partial charge in [0.25, 0.3) is 5.91 Å². The minimum absolute atomic E-state index is 0.104. The van der Waals surface area contributed by atoms with Crippen LogP contribution >= 0.6 is 0 Å². The normalized spacial score (nSPS) is 10.8. The van der Waals surface area contributed by atoms with Crippen LogP contribution in [0.15, 0.2) is 61.2 Å². The molecule has 0 saturated carbocycles. The summed E-state index contributed by atoms with van der Waals surface area (Å²) >= 11 is 0. The molecule has 0 saturated heterocycles. The number of benzene rings is 2. The average molecular weight is 361 g/mol. The van der Waals surface area contributed by atoms with E-state index in [9.17, 15) is 9.59 Å². The van der Waals surface area contributed by atoms with E-state index in [1.54, 1.807) is 24.7 Å². The number of fused-ring (bicyclic) bond motifs is 1. The first-order valence-corrected chi connectivity index (χ1v) is 8.19. The maximum absolute atomic E-state index is 12.5. The van der Waals surface area contributed by atoms with Crippen LogP contribution in [0.25, 0.3) is 16.6 Å². The van der Waals surface area contributed by atoms with Crippen LogP contribution in [-0.4, -0.2) is 36.7 Å². The van der Waals surface area contributed by atoms with Crippen molar-refractivity contribution in [1.29, 1.82) is 0 Å². The van der Waals surface area contributed by atoms with Crippen LogP contribution in [0.1, 0.15) is 26.4 Å². The first-order chi connectivity index (χ1) is 13.1. The highest BCUT2D eigenvalue weighted by molar-refractivity contribution is 6.04. The Morgan fingerprint density at radius 3 is 2.85 bits per heavy atom. The van der Waals surface area contributed by atoms with E-state index in [2.05, 4.69) is 20.5 Å². The summed E-state index contributed by atoms with van der Waals surface area (Å²) < 4.78 is 1.88. The Kier molecular flexibility index (Phi) is 4.13. The van der Waals surface area contributed by atoms with Gasteiger partial charge in [-0.25, -0.2) is 9.78 Å². The molecule has 0 aliphatic carbocycles. The zero-order chi connectivity index (χ0) is 18.8. The summed E-state index contributed by atoms with van der Waals surface area (Å²) in [6.45, 7) is 0.344. The summed E-state index contributed by atoms with van der Waals surface area (Å²) in [5.41, 5.74) is 2.72. The third kappa shape index (κ3) is 3.28. The summed E-state index contributed by atoms with van der Waals surface area (Å²) in [5, 5.41) is 18.8. The molecule has 0 aliphatic rings. The molecule has 4 rings (SSSR count). The van der Waals surface area contributed by atoms with Crippen molar-refractivity contribution in [2.45, 2.75) is 6.54 Å². The predicted octanol–water partition coefficient (Wildman–Crippen LogP) is 2.38. The van der Waals surface area contributed by atoms with Crippen molar-refractivity contribution in [3.05, 3.63) is 78.0 Å². The lowest BCUT2D eigenvalue weighted by atomic mass is 10.1. The summed E-state index contributed by atoms with van der Waals surface area (Å²) in [5.74, 6) is -1.43. The Morgan fingerprint density at radius 1 is 1.19 bits per heavy atom. The fourth-order valence-electron chi connectivity index (χ4n) is 2.84. The smallest absolute Gasteiger partial charge is 0.357 e. The number of rotatable bonds is 5. The van der Waals surface area contributed by atoms with Gasteiger partial charge in [-0.3, -0.25) is 9.89 Å². The lowest BCUT2D eigenvalue weighted by Crippen LogP contribution is -2.22. The van der Waals surface area contributed by atoms with E-state index in [-0.39, 0.29) is 11.6 Å². The molecule has 4 aromatic rings. The van der Waals surface area contributed by atoms with E-state index in [1.165, 1.54) is 6.07 Å². The highest BCUT2D eigenvalue weighted by Gasteiger charge is 2.15. The highest BCUT2D eigenvalue weighted by Crippen LogP contribution is 2.18. The monoisotopic (exact) mass is 361 g/mol.